The monoisotopic (exact) mass is 284 g/mol. The number of aromatic nitrogens is 2. The molecule has 110 valence electrons. The van der Waals surface area contributed by atoms with Crippen molar-refractivity contribution in [3.8, 4) is 0 Å². The van der Waals surface area contributed by atoms with Crippen LogP contribution in [0, 0.1) is 0 Å². The molecule has 1 aromatic heterocycles. The molecule has 1 fully saturated rings. The lowest BCUT2D eigenvalue weighted by Gasteiger charge is -2.22. The maximum absolute atomic E-state index is 11.7. The van der Waals surface area contributed by atoms with Crippen molar-refractivity contribution in [3.05, 3.63) is 68.5 Å². The van der Waals surface area contributed by atoms with Crippen LogP contribution in [0.5, 0.6) is 0 Å². The van der Waals surface area contributed by atoms with E-state index >= 15 is 0 Å². The van der Waals surface area contributed by atoms with Crippen molar-refractivity contribution in [3.63, 3.8) is 0 Å². The molecule has 21 heavy (non-hydrogen) atoms. The normalized spacial score (nSPS) is 16.0. The summed E-state index contributed by atoms with van der Waals surface area (Å²) in [5.74, 6) is 0.698. The highest BCUT2D eigenvalue weighted by molar-refractivity contribution is 5.26. The van der Waals surface area contributed by atoms with Crippen molar-refractivity contribution < 1.29 is 0 Å². The summed E-state index contributed by atoms with van der Waals surface area (Å²) in [4.78, 5) is 25.0. The van der Waals surface area contributed by atoms with Crippen LogP contribution in [0.1, 0.15) is 49.1 Å². The maximum atomic E-state index is 11.7. The standard InChI is InChI=1S/C17H20N2O2/c20-16-10-11-19(17(21)18-16)12-13-6-8-15(9-7-13)14-4-2-1-3-5-14/h6-11,14H,1-5,12H2,(H,18,20,21). The van der Waals surface area contributed by atoms with Crippen molar-refractivity contribution in [2.24, 2.45) is 0 Å². The second kappa shape index (κ2) is 6.12. The average molecular weight is 284 g/mol. The minimum Gasteiger partial charge on any atom is -0.296 e. The smallest absolute Gasteiger partial charge is 0.296 e. The summed E-state index contributed by atoms with van der Waals surface area (Å²) in [5.41, 5.74) is 1.76. The summed E-state index contributed by atoms with van der Waals surface area (Å²) in [7, 11) is 0. The van der Waals surface area contributed by atoms with Crippen LogP contribution in [0.15, 0.2) is 46.1 Å². The minimum absolute atomic E-state index is 0.358. The highest BCUT2D eigenvalue weighted by Gasteiger charge is 2.15. The molecular weight excluding hydrogens is 264 g/mol. The molecule has 0 saturated heterocycles. The lowest BCUT2D eigenvalue weighted by molar-refractivity contribution is 0.443. The zero-order valence-corrected chi connectivity index (χ0v) is 12.0. The quantitative estimate of drug-likeness (QED) is 0.942. The van der Waals surface area contributed by atoms with Crippen molar-refractivity contribution in [1.82, 2.24) is 9.55 Å². The number of nitrogens with zero attached hydrogens (tertiary/aromatic N) is 1. The van der Waals surface area contributed by atoms with Crippen molar-refractivity contribution in [1.29, 1.82) is 0 Å². The number of H-pyrrole nitrogens is 1. The van der Waals surface area contributed by atoms with Gasteiger partial charge in [-0.2, -0.15) is 0 Å². The fraction of sp³-hybridized carbons (Fsp3) is 0.412. The molecule has 0 unspecified atom stereocenters. The Morgan fingerprint density at radius 1 is 1.00 bits per heavy atom. The molecule has 4 heteroatoms. The summed E-state index contributed by atoms with van der Waals surface area (Å²) in [6.07, 6.45) is 8.15. The molecular formula is C17H20N2O2. The second-order valence-electron chi connectivity index (χ2n) is 5.81. The average Bonchev–Trinajstić information content (AvgIpc) is 2.52. The molecule has 0 aliphatic heterocycles. The Labute approximate surface area is 123 Å². The third-order valence-electron chi connectivity index (χ3n) is 4.31. The van der Waals surface area contributed by atoms with E-state index in [0.29, 0.717) is 12.5 Å². The van der Waals surface area contributed by atoms with Crippen molar-refractivity contribution in [2.75, 3.05) is 0 Å². The first kappa shape index (κ1) is 13.9. The Bertz CT molecular complexity index is 707. The molecule has 0 spiro atoms. The van der Waals surface area contributed by atoms with Gasteiger partial charge in [0.25, 0.3) is 5.56 Å². The van der Waals surface area contributed by atoms with Gasteiger partial charge in [0.1, 0.15) is 0 Å². The van der Waals surface area contributed by atoms with Crippen LogP contribution in [0.4, 0.5) is 0 Å². The van der Waals surface area contributed by atoms with E-state index in [1.54, 1.807) is 0 Å². The van der Waals surface area contributed by atoms with E-state index in [4.69, 9.17) is 0 Å². The SMILES string of the molecule is O=c1ccn(Cc2ccc(C3CCCCC3)cc2)c(=O)[nH]1. The van der Waals surface area contributed by atoms with Crippen molar-refractivity contribution in [2.45, 2.75) is 44.6 Å². The Morgan fingerprint density at radius 2 is 1.71 bits per heavy atom. The summed E-state index contributed by atoms with van der Waals surface area (Å²) in [5, 5.41) is 0. The number of aromatic amines is 1. The Hall–Kier alpha value is -2.10. The number of benzene rings is 1. The Balaban J connectivity index is 1.74. The molecule has 1 aliphatic carbocycles. The molecule has 1 aromatic carbocycles. The van der Waals surface area contributed by atoms with E-state index < -0.39 is 0 Å². The van der Waals surface area contributed by atoms with Crippen LogP contribution in [-0.2, 0) is 6.54 Å². The molecule has 1 aliphatic rings. The second-order valence-corrected chi connectivity index (χ2v) is 5.81. The van der Waals surface area contributed by atoms with Crippen molar-refractivity contribution >= 4 is 0 Å². The van der Waals surface area contributed by atoms with Crippen LogP contribution in [0.25, 0.3) is 0 Å². The van der Waals surface area contributed by atoms with E-state index in [2.05, 4.69) is 29.2 Å². The van der Waals surface area contributed by atoms with Gasteiger partial charge in [-0.25, -0.2) is 4.79 Å². The van der Waals surface area contributed by atoms with E-state index in [-0.39, 0.29) is 11.2 Å². The van der Waals surface area contributed by atoms with Gasteiger partial charge in [0.15, 0.2) is 0 Å². The molecule has 1 N–H and O–H groups in total. The van der Waals surface area contributed by atoms with Gasteiger partial charge >= 0.3 is 5.69 Å². The molecule has 4 nitrogen and oxygen atoms in total. The Kier molecular flexibility index (Phi) is 4.04. The molecule has 1 saturated carbocycles. The van der Waals surface area contributed by atoms with E-state index in [0.717, 1.165) is 5.56 Å². The lowest BCUT2D eigenvalue weighted by Crippen LogP contribution is -2.28. The fourth-order valence-corrected chi connectivity index (χ4v) is 3.10. The predicted octanol–water partition coefficient (Wildman–Crippen LogP) is 2.63. The van der Waals surface area contributed by atoms with E-state index in [1.807, 2.05) is 0 Å². The van der Waals surface area contributed by atoms with Crippen LogP contribution in [0.2, 0.25) is 0 Å². The van der Waals surface area contributed by atoms with Gasteiger partial charge < -0.3 is 0 Å². The zero-order valence-electron chi connectivity index (χ0n) is 12.0. The van der Waals surface area contributed by atoms with Gasteiger partial charge in [-0.3, -0.25) is 14.3 Å². The third kappa shape index (κ3) is 3.32. The number of rotatable bonds is 3. The largest absolute Gasteiger partial charge is 0.328 e. The first-order valence-corrected chi connectivity index (χ1v) is 7.61. The first-order valence-electron chi connectivity index (χ1n) is 7.61. The van der Waals surface area contributed by atoms with Gasteiger partial charge in [0, 0.05) is 12.3 Å². The lowest BCUT2D eigenvalue weighted by atomic mass is 9.84. The summed E-state index contributed by atoms with van der Waals surface area (Å²) < 4.78 is 1.51. The van der Waals surface area contributed by atoms with Crippen LogP contribution in [-0.4, -0.2) is 9.55 Å². The van der Waals surface area contributed by atoms with E-state index in [9.17, 15) is 9.59 Å². The maximum Gasteiger partial charge on any atom is 0.328 e. The number of nitrogens with one attached hydrogen (secondary N) is 1. The summed E-state index contributed by atoms with van der Waals surface area (Å²) >= 11 is 0. The molecule has 2 aromatic rings. The number of hydrogen-bond donors (Lipinski definition) is 1. The summed E-state index contributed by atoms with van der Waals surface area (Å²) in [6, 6.07) is 9.91. The van der Waals surface area contributed by atoms with Gasteiger partial charge in [0.2, 0.25) is 0 Å². The molecule has 0 amide bonds. The van der Waals surface area contributed by atoms with Gasteiger partial charge in [-0.05, 0) is 29.9 Å². The van der Waals surface area contributed by atoms with Crippen LogP contribution in [0.3, 0.4) is 0 Å². The highest BCUT2D eigenvalue weighted by atomic mass is 16.2. The highest BCUT2D eigenvalue weighted by Crippen LogP contribution is 2.32. The molecule has 0 radical (unpaired) electrons. The first-order chi connectivity index (χ1) is 10.2. The zero-order chi connectivity index (χ0) is 14.7. The molecule has 3 rings (SSSR count). The molecule has 1 heterocycles. The number of hydrogen-bond acceptors (Lipinski definition) is 2. The topological polar surface area (TPSA) is 54.9 Å². The van der Waals surface area contributed by atoms with E-state index in [1.165, 1.54) is 54.5 Å². The van der Waals surface area contributed by atoms with Gasteiger partial charge in [-0.15, -0.1) is 0 Å². The minimum atomic E-state index is -0.362. The van der Waals surface area contributed by atoms with Crippen LogP contribution >= 0.6 is 0 Å². The fourth-order valence-electron chi connectivity index (χ4n) is 3.10. The summed E-state index contributed by atoms with van der Waals surface area (Å²) in [6.45, 7) is 0.487. The molecule has 0 atom stereocenters. The Morgan fingerprint density at radius 3 is 2.38 bits per heavy atom. The van der Waals surface area contributed by atoms with Gasteiger partial charge in [-0.1, -0.05) is 43.5 Å². The predicted molar refractivity (Wildman–Crippen MR) is 82.7 cm³/mol. The van der Waals surface area contributed by atoms with Crippen LogP contribution < -0.4 is 11.2 Å². The van der Waals surface area contributed by atoms with Gasteiger partial charge in [0.05, 0.1) is 6.54 Å². The third-order valence-corrected chi connectivity index (χ3v) is 4.31. The molecule has 0 bridgehead atoms.